The molecule has 2 aromatic carbocycles. The Bertz CT molecular complexity index is 846. The molecule has 2 atom stereocenters. The van der Waals surface area contributed by atoms with Crippen LogP contribution in [-0.4, -0.2) is 26.1 Å². The van der Waals surface area contributed by atoms with E-state index in [0.29, 0.717) is 22.7 Å². The fraction of sp³-hybridized carbons (Fsp3) is 0.333. The predicted molar refractivity (Wildman–Crippen MR) is 98.7 cm³/mol. The molecule has 1 aliphatic rings. The van der Waals surface area contributed by atoms with Crippen molar-refractivity contribution in [2.45, 2.75) is 25.8 Å². The van der Waals surface area contributed by atoms with Crippen LogP contribution in [0.2, 0.25) is 0 Å². The van der Waals surface area contributed by atoms with E-state index in [0.717, 1.165) is 5.56 Å². The van der Waals surface area contributed by atoms with Gasteiger partial charge in [0.15, 0.2) is 11.5 Å². The van der Waals surface area contributed by atoms with E-state index in [2.05, 4.69) is 0 Å². The smallest absolute Gasteiger partial charge is 0.227 e. The number of carbonyl (C=O) groups is 2. The number of carboxylic acids is 1. The van der Waals surface area contributed by atoms with Crippen LogP contribution >= 0.6 is 0 Å². The second-order valence-corrected chi connectivity index (χ2v) is 6.62. The Hall–Kier alpha value is -3.02. The Morgan fingerprint density at radius 1 is 1.07 bits per heavy atom. The number of anilines is 1. The van der Waals surface area contributed by atoms with Crippen molar-refractivity contribution in [1.82, 2.24) is 0 Å². The number of hydrogen-bond acceptors (Lipinski definition) is 5. The number of carbonyl (C=O) groups excluding carboxylic acids is 2. The first-order chi connectivity index (χ1) is 13.0. The molecule has 1 heterocycles. The molecule has 0 aromatic heterocycles. The normalized spacial score (nSPS) is 19.7. The highest BCUT2D eigenvalue weighted by Gasteiger charge is 2.38. The molecule has 0 aliphatic carbocycles. The molecule has 0 spiro atoms. The zero-order chi connectivity index (χ0) is 19.6. The second kappa shape index (κ2) is 7.70. The van der Waals surface area contributed by atoms with Crippen LogP contribution in [0.15, 0.2) is 42.5 Å². The van der Waals surface area contributed by atoms with Gasteiger partial charge in [0.1, 0.15) is 0 Å². The number of aryl methyl sites for hydroxylation is 1. The molecule has 3 rings (SSSR count). The molecular weight excluding hydrogens is 346 g/mol. The third kappa shape index (κ3) is 3.60. The number of piperidine rings is 1. The molecule has 0 unspecified atom stereocenters. The topological polar surface area (TPSA) is 78.9 Å². The maximum atomic E-state index is 12.8. The Labute approximate surface area is 158 Å². The van der Waals surface area contributed by atoms with Gasteiger partial charge in [-0.25, -0.2) is 0 Å². The van der Waals surface area contributed by atoms with Gasteiger partial charge in [0.05, 0.1) is 20.3 Å². The molecule has 1 saturated heterocycles. The van der Waals surface area contributed by atoms with Gasteiger partial charge in [0.25, 0.3) is 0 Å². The molecule has 1 amide bonds. The van der Waals surface area contributed by atoms with E-state index in [1.54, 1.807) is 23.1 Å². The van der Waals surface area contributed by atoms with Crippen molar-refractivity contribution in [3.8, 4) is 11.5 Å². The molecule has 6 heteroatoms. The summed E-state index contributed by atoms with van der Waals surface area (Å²) in [4.78, 5) is 26.2. The fourth-order valence-electron chi connectivity index (χ4n) is 3.57. The van der Waals surface area contributed by atoms with Crippen LogP contribution in [0, 0.1) is 12.8 Å². The van der Waals surface area contributed by atoms with Crippen molar-refractivity contribution in [3.63, 3.8) is 0 Å². The summed E-state index contributed by atoms with van der Waals surface area (Å²) >= 11 is 0. The number of aliphatic carboxylic acids is 1. The van der Waals surface area contributed by atoms with Gasteiger partial charge in [0.2, 0.25) is 5.91 Å². The van der Waals surface area contributed by atoms with Crippen molar-refractivity contribution < 1.29 is 24.2 Å². The lowest BCUT2D eigenvalue weighted by Gasteiger charge is -2.42. The third-order valence-electron chi connectivity index (χ3n) is 4.96. The summed E-state index contributed by atoms with van der Waals surface area (Å²) in [7, 11) is 3.05. The highest BCUT2D eigenvalue weighted by Crippen LogP contribution is 2.42. The van der Waals surface area contributed by atoms with Gasteiger partial charge in [-0.3, -0.25) is 4.79 Å². The van der Waals surface area contributed by atoms with Gasteiger partial charge in [-0.1, -0.05) is 23.8 Å². The van der Waals surface area contributed by atoms with Crippen molar-refractivity contribution in [1.29, 1.82) is 0 Å². The Morgan fingerprint density at radius 3 is 2.33 bits per heavy atom. The maximum Gasteiger partial charge on any atom is 0.227 e. The summed E-state index contributed by atoms with van der Waals surface area (Å²) in [5, 5.41) is 11.8. The number of ether oxygens (including phenoxy) is 2. The first kappa shape index (κ1) is 18.8. The van der Waals surface area contributed by atoms with Gasteiger partial charge in [-0.2, -0.15) is 0 Å². The van der Waals surface area contributed by atoms with Crippen molar-refractivity contribution in [2.75, 3.05) is 19.1 Å². The minimum absolute atomic E-state index is 0.115. The lowest BCUT2D eigenvalue weighted by molar-refractivity contribution is -0.312. The second-order valence-electron chi connectivity index (χ2n) is 6.62. The molecule has 27 heavy (non-hydrogen) atoms. The fourth-order valence-corrected chi connectivity index (χ4v) is 3.57. The highest BCUT2D eigenvalue weighted by atomic mass is 16.5. The highest BCUT2D eigenvalue weighted by molar-refractivity contribution is 5.96. The van der Waals surface area contributed by atoms with Crippen molar-refractivity contribution in [2.24, 2.45) is 5.92 Å². The lowest BCUT2D eigenvalue weighted by atomic mass is 9.83. The lowest BCUT2D eigenvalue weighted by Crippen LogP contribution is -2.49. The van der Waals surface area contributed by atoms with E-state index in [1.807, 2.05) is 31.2 Å². The molecule has 0 bridgehead atoms. The monoisotopic (exact) mass is 368 g/mol. The summed E-state index contributed by atoms with van der Waals surface area (Å²) in [5.74, 6) is -1.08. The standard InChI is InChI=1S/C21H23NO5/c1-13-4-7-15(8-5-13)22-19(23)11-9-16(21(24)25)20(22)14-6-10-17(26-2)18(12-14)27-3/h4-8,10,12,16,20H,9,11H2,1-3H3,(H,24,25)/p-1/t16-,20+/m1/s1. The van der Waals surface area contributed by atoms with Crippen LogP contribution in [0.4, 0.5) is 5.69 Å². The van der Waals surface area contributed by atoms with E-state index >= 15 is 0 Å². The number of benzene rings is 2. The Morgan fingerprint density at radius 2 is 1.74 bits per heavy atom. The largest absolute Gasteiger partial charge is 0.550 e. The number of amides is 1. The summed E-state index contributed by atoms with van der Waals surface area (Å²) < 4.78 is 10.6. The van der Waals surface area contributed by atoms with Crippen LogP contribution < -0.4 is 19.5 Å². The average Bonchev–Trinajstić information content (AvgIpc) is 2.67. The Balaban J connectivity index is 2.13. The quantitative estimate of drug-likeness (QED) is 0.809. The van der Waals surface area contributed by atoms with E-state index in [9.17, 15) is 14.7 Å². The zero-order valence-corrected chi connectivity index (χ0v) is 15.6. The predicted octanol–water partition coefficient (Wildman–Crippen LogP) is 2.25. The summed E-state index contributed by atoms with van der Waals surface area (Å²) in [6, 6.07) is 12.0. The van der Waals surface area contributed by atoms with E-state index < -0.39 is 17.9 Å². The van der Waals surface area contributed by atoms with Gasteiger partial charge in [-0.05, 0) is 43.2 Å². The van der Waals surface area contributed by atoms with Gasteiger partial charge in [-0.15, -0.1) is 0 Å². The van der Waals surface area contributed by atoms with E-state index in [1.165, 1.54) is 14.2 Å². The van der Waals surface area contributed by atoms with Crippen LogP contribution in [0.25, 0.3) is 0 Å². The first-order valence-corrected chi connectivity index (χ1v) is 8.77. The third-order valence-corrected chi connectivity index (χ3v) is 4.96. The molecule has 1 aliphatic heterocycles. The minimum atomic E-state index is -1.17. The molecule has 6 nitrogen and oxygen atoms in total. The number of carboxylic acid groups (broad SMARTS) is 1. The van der Waals surface area contributed by atoms with Crippen molar-refractivity contribution >= 4 is 17.6 Å². The van der Waals surface area contributed by atoms with Gasteiger partial charge < -0.3 is 24.3 Å². The molecule has 2 aromatic rings. The minimum Gasteiger partial charge on any atom is -0.550 e. The number of methoxy groups -OCH3 is 2. The maximum absolute atomic E-state index is 12.8. The molecule has 1 fully saturated rings. The number of nitrogens with zero attached hydrogens (tertiary/aromatic N) is 1. The summed E-state index contributed by atoms with van der Waals surface area (Å²) in [6.07, 6.45) is 0.402. The Kier molecular flexibility index (Phi) is 5.35. The van der Waals surface area contributed by atoms with Crippen LogP contribution in [-0.2, 0) is 9.59 Å². The van der Waals surface area contributed by atoms with Gasteiger partial charge in [0, 0.05) is 24.0 Å². The zero-order valence-electron chi connectivity index (χ0n) is 15.6. The van der Waals surface area contributed by atoms with Crippen LogP contribution in [0.3, 0.4) is 0 Å². The molecule has 0 N–H and O–H groups in total. The summed E-state index contributed by atoms with van der Waals surface area (Å²) in [5.41, 5.74) is 2.38. The molecule has 0 radical (unpaired) electrons. The van der Waals surface area contributed by atoms with Crippen molar-refractivity contribution in [3.05, 3.63) is 53.6 Å². The number of hydrogen-bond donors (Lipinski definition) is 0. The van der Waals surface area contributed by atoms with E-state index in [-0.39, 0.29) is 18.7 Å². The van der Waals surface area contributed by atoms with Crippen LogP contribution in [0.5, 0.6) is 11.5 Å². The van der Waals surface area contributed by atoms with Crippen LogP contribution in [0.1, 0.15) is 30.0 Å². The number of rotatable bonds is 5. The van der Waals surface area contributed by atoms with Gasteiger partial charge >= 0.3 is 0 Å². The molecule has 142 valence electrons. The van der Waals surface area contributed by atoms with E-state index in [4.69, 9.17) is 9.47 Å². The first-order valence-electron chi connectivity index (χ1n) is 8.77. The summed E-state index contributed by atoms with van der Waals surface area (Å²) in [6.45, 7) is 1.96. The molecule has 0 saturated carbocycles. The SMILES string of the molecule is COc1ccc([C@H]2[C@H](C(=O)[O-])CCC(=O)N2c2ccc(C)cc2)cc1OC. The average molecular weight is 368 g/mol. The molecular formula is C21H22NO5-.